The van der Waals surface area contributed by atoms with E-state index >= 15 is 0 Å². The highest BCUT2D eigenvalue weighted by Crippen LogP contribution is 2.37. The largest absolute Gasteiger partial charge is 0.380 e. The van der Waals surface area contributed by atoms with Gasteiger partial charge in [-0.05, 0) is 48.2 Å². The zero-order valence-corrected chi connectivity index (χ0v) is 19.0. The molecule has 2 fully saturated rings. The maximum absolute atomic E-state index is 12.9. The molecule has 33 heavy (non-hydrogen) atoms. The Hall–Kier alpha value is -3.24. The SMILES string of the molecule is CS(=O)(=O)n1ncc2cc(-c3ccc(C(=O)N4CCN(C(=O)C5(O)CC5)CC4)cc3)ccc21. The molecule has 0 atom stereocenters. The number of amides is 2. The number of aliphatic hydroxyl groups is 1. The number of carbonyl (C=O) groups excluding carboxylic acids is 2. The molecule has 3 aromatic rings. The number of fused-ring (bicyclic) bond motifs is 1. The minimum Gasteiger partial charge on any atom is -0.380 e. The van der Waals surface area contributed by atoms with Crippen molar-refractivity contribution >= 4 is 32.7 Å². The van der Waals surface area contributed by atoms with Crippen LogP contribution in [0.2, 0.25) is 0 Å². The summed E-state index contributed by atoms with van der Waals surface area (Å²) in [5.74, 6) is -0.318. The first-order valence-electron chi connectivity index (χ1n) is 10.8. The number of hydrogen-bond acceptors (Lipinski definition) is 6. The van der Waals surface area contributed by atoms with E-state index in [-0.39, 0.29) is 11.8 Å². The zero-order valence-electron chi connectivity index (χ0n) is 18.1. The second-order valence-corrected chi connectivity index (χ2v) is 10.5. The summed E-state index contributed by atoms with van der Waals surface area (Å²) in [6.45, 7) is 1.71. The highest BCUT2D eigenvalue weighted by atomic mass is 32.2. The average molecular weight is 469 g/mol. The van der Waals surface area contributed by atoms with Gasteiger partial charge < -0.3 is 14.9 Å². The van der Waals surface area contributed by atoms with Crippen LogP contribution in [0.15, 0.2) is 48.7 Å². The summed E-state index contributed by atoms with van der Waals surface area (Å²) in [5, 5.41) is 14.7. The van der Waals surface area contributed by atoms with Crippen molar-refractivity contribution in [2.75, 3.05) is 32.4 Å². The first-order valence-corrected chi connectivity index (χ1v) is 12.6. The molecule has 1 saturated carbocycles. The molecule has 0 spiro atoms. The van der Waals surface area contributed by atoms with E-state index in [1.165, 1.54) is 6.20 Å². The Morgan fingerprint density at radius 1 is 0.939 bits per heavy atom. The maximum Gasteiger partial charge on any atom is 0.254 e. The molecule has 0 radical (unpaired) electrons. The van der Waals surface area contributed by atoms with Gasteiger partial charge in [-0.15, -0.1) is 0 Å². The number of aromatic nitrogens is 2. The van der Waals surface area contributed by atoms with Gasteiger partial charge >= 0.3 is 0 Å². The Morgan fingerprint density at radius 3 is 2.15 bits per heavy atom. The van der Waals surface area contributed by atoms with Crippen LogP contribution in [0.25, 0.3) is 22.0 Å². The van der Waals surface area contributed by atoms with Gasteiger partial charge in [-0.2, -0.15) is 9.19 Å². The maximum atomic E-state index is 12.9. The molecule has 2 heterocycles. The predicted octanol–water partition coefficient (Wildman–Crippen LogP) is 1.32. The number of piperazine rings is 1. The molecule has 1 aliphatic heterocycles. The van der Waals surface area contributed by atoms with Gasteiger partial charge in [0.1, 0.15) is 5.60 Å². The Kier molecular flexibility index (Phi) is 5.02. The van der Waals surface area contributed by atoms with E-state index in [2.05, 4.69) is 5.10 Å². The summed E-state index contributed by atoms with van der Waals surface area (Å²) in [7, 11) is -3.47. The molecule has 2 aliphatic rings. The number of benzene rings is 2. The van der Waals surface area contributed by atoms with Crippen molar-refractivity contribution in [1.29, 1.82) is 0 Å². The van der Waals surface area contributed by atoms with Crippen LogP contribution in [-0.2, 0) is 14.8 Å². The van der Waals surface area contributed by atoms with Crippen molar-refractivity contribution in [2.45, 2.75) is 18.4 Å². The lowest BCUT2D eigenvalue weighted by molar-refractivity contribution is -0.143. The highest BCUT2D eigenvalue weighted by Gasteiger charge is 2.50. The van der Waals surface area contributed by atoms with E-state index in [1.807, 2.05) is 24.3 Å². The topological polar surface area (TPSA) is 113 Å². The molecule has 1 saturated heterocycles. The molecule has 172 valence electrons. The normalized spacial score (nSPS) is 17.9. The third-order valence-electron chi connectivity index (χ3n) is 6.29. The van der Waals surface area contributed by atoms with Crippen LogP contribution in [0.5, 0.6) is 0 Å². The van der Waals surface area contributed by atoms with Crippen LogP contribution in [0, 0.1) is 0 Å². The zero-order chi connectivity index (χ0) is 23.4. The Morgan fingerprint density at radius 2 is 1.55 bits per heavy atom. The third kappa shape index (κ3) is 4.00. The Labute approximate surface area is 191 Å². The summed E-state index contributed by atoms with van der Waals surface area (Å²) in [6, 6.07) is 12.7. The number of carbonyl (C=O) groups is 2. The lowest BCUT2D eigenvalue weighted by Gasteiger charge is -2.35. The highest BCUT2D eigenvalue weighted by molar-refractivity contribution is 7.89. The Bertz CT molecular complexity index is 1350. The number of rotatable bonds is 4. The van der Waals surface area contributed by atoms with Crippen molar-refractivity contribution < 1.29 is 23.1 Å². The second kappa shape index (κ2) is 7.67. The molecule has 2 amide bonds. The van der Waals surface area contributed by atoms with Crippen LogP contribution in [-0.4, -0.2) is 82.4 Å². The van der Waals surface area contributed by atoms with Crippen LogP contribution in [0.4, 0.5) is 0 Å². The summed E-state index contributed by atoms with van der Waals surface area (Å²) >= 11 is 0. The van der Waals surface area contributed by atoms with Crippen LogP contribution >= 0.6 is 0 Å². The first kappa shape index (κ1) is 21.6. The van der Waals surface area contributed by atoms with Crippen molar-refractivity contribution in [3.05, 3.63) is 54.2 Å². The standard InChI is InChI=1S/C23H24N4O5S/c1-33(31,32)27-20-7-6-18(14-19(20)15-24-27)16-2-4-17(5-3-16)21(28)25-10-12-26(13-11-25)22(29)23(30)8-9-23/h2-7,14-15,30H,8-13H2,1H3. The van der Waals surface area contributed by atoms with Gasteiger partial charge in [0.2, 0.25) is 0 Å². The summed E-state index contributed by atoms with van der Waals surface area (Å²) in [5.41, 5.74) is 1.69. The van der Waals surface area contributed by atoms with E-state index in [1.54, 1.807) is 28.0 Å². The van der Waals surface area contributed by atoms with E-state index in [0.29, 0.717) is 55.5 Å². The summed E-state index contributed by atoms with van der Waals surface area (Å²) in [4.78, 5) is 28.5. The fraction of sp³-hybridized carbons (Fsp3) is 0.348. The molecular formula is C23H24N4O5S. The monoisotopic (exact) mass is 468 g/mol. The van der Waals surface area contributed by atoms with Crippen LogP contribution in [0.1, 0.15) is 23.2 Å². The van der Waals surface area contributed by atoms with Crippen LogP contribution < -0.4 is 0 Å². The van der Waals surface area contributed by atoms with Gasteiger partial charge in [0.05, 0.1) is 18.0 Å². The molecule has 9 nitrogen and oxygen atoms in total. The fourth-order valence-electron chi connectivity index (χ4n) is 4.18. The second-order valence-electron chi connectivity index (χ2n) is 8.72. The van der Waals surface area contributed by atoms with E-state index < -0.39 is 15.6 Å². The summed E-state index contributed by atoms with van der Waals surface area (Å²) < 4.78 is 24.7. The predicted molar refractivity (Wildman–Crippen MR) is 122 cm³/mol. The van der Waals surface area contributed by atoms with Crippen LogP contribution in [0.3, 0.4) is 0 Å². The van der Waals surface area contributed by atoms with Gasteiger partial charge in [0.25, 0.3) is 21.8 Å². The lowest BCUT2D eigenvalue weighted by atomic mass is 10.0. The van der Waals surface area contributed by atoms with Gasteiger partial charge in [-0.1, -0.05) is 18.2 Å². The molecule has 5 rings (SSSR count). The summed E-state index contributed by atoms with van der Waals surface area (Å²) in [6.07, 6.45) is 3.66. The number of nitrogens with zero attached hydrogens (tertiary/aromatic N) is 4. The smallest absolute Gasteiger partial charge is 0.254 e. The number of hydrogen-bond donors (Lipinski definition) is 1. The third-order valence-corrected chi connectivity index (χ3v) is 7.21. The van der Waals surface area contributed by atoms with Crippen molar-refractivity contribution in [3.8, 4) is 11.1 Å². The molecule has 1 N–H and O–H groups in total. The molecular weight excluding hydrogens is 444 g/mol. The van der Waals surface area contributed by atoms with Gasteiger partial charge in [0, 0.05) is 37.1 Å². The lowest BCUT2D eigenvalue weighted by Crippen LogP contribution is -2.53. The van der Waals surface area contributed by atoms with Gasteiger partial charge in [-0.25, -0.2) is 8.42 Å². The van der Waals surface area contributed by atoms with Crippen molar-refractivity contribution in [3.63, 3.8) is 0 Å². The molecule has 1 aromatic heterocycles. The van der Waals surface area contributed by atoms with Crippen molar-refractivity contribution in [2.24, 2.45) is 0 Å². The van der Waals surface area contributed by atoms with E-state index in [0.717, 1.165) is 21.5 Å². The van der Waals surface area contributed by atoms with E-state index in [4.69, 9.17) is 0 Å². The fourth-order valence-corrected chi connectivity index (χ4v) is 4.92. The van der Waals surface area contributed by atoms with Gasteiger partial charge in [0.15, 0.2) is 0 Å². The molecule has 1 aliphatic carbocycles. The van der Waals surface area contributed by atoms with Crippen molar-refractivity contribution in [1.82, 2.24) is 19.0 Å². The Balaban J connectivity index is 1.28. The van der Waals surface area contributed by atoms with E-state index in [9.17, 15) is 23.1 Å². The minimum atomic E-state index is -3.47. The quantitative estimate of drug-likeness (QED) is 0.618. The molecule has 2 aromatic carbocycles. The average Bonchev–Trinajstić information content (AvgIpc) is 3.41. The first-order chi connectivity index (χ1) is 15.7. The molecule has 0 unspecified atom stereocenters. The molecule has 0 bridgehead atoms. The minimum absolute atomic E-state index is 0.0938. The van der Waals surface area contributed by atoms with Gasteiger partial charge in [-0.3, -0.25) is 9.59 Å². The molecule has 10 heteroatoms.